The smallest absolute Gasteiger partial charge is 0.336 e. The highest BCUT2D eigenvalue weighted by Gasteiger charge is 2.40. The Bertz CT molecular complexity index is 1360. The number of nitrogen functional groups attached to an aromatic ring is 1. The zero-order valence-electron chi connectivity index (χ0n) is 15.2. The van der Waals surface area contributed by atoms with E-state index in [-0.39, 0.29) is 5.95 Å². The molecule has 1 aromatic carbocycles. The van der Waals surface area contributed by atoms with Gasteiger partial charge >= 0.3 is 5.97 Å². The molecule has 0 aliphatic carbocycles. The van der Waals surface area contributed by atoms with Gasteiger partial charge in [-0.3, -0.25) is 0 Å². The molecule has 4 heterocycles. The Balaban J connectivity index is 1.79. The molecule has 0 amide bonds. The SMILES string of the molecule is C[C@](C(=O)O)(c1ccccc1)n1ncc2c1nc(N)n1nc(-c3ccco3)nc21. The first-order valence-corrected chi connectivity index (χ1v) is 8.73. The number of carbonyl (C=O) groups is 1. The largest absolute Gasteiger partial charge is 0.479 e. The van der Waals surface area contributed by atoms with Gasteiger partial charge in [0.1, 0.15) is 0 Å². The molecular formula is C19H15N7O3. The highest BCUT2D eigenvalue weighted by atomic mass is 16.4. The second-order valence-corrected chi connectivity index (χ2v) is 6.66. The molecule has 144 valence electrons. The fourth-order valence-electron chi connectivity index (χ4n) is 3.35. The third kappa shape index (κ3) is 2.32. The van der Waals surface area contributed by atoms with Crippen molar-refractivity contribution in [2.24, 2.45) is 0 Å². The summed E-state index contributed by atoms with van der Waals surface area (Å²) in [6, 6.07) is 12.3. The predicted molar refractivity (Wildman–Crippen MR) is 103 cm³/mol. The number of carboxylic acids is 1. The number of fused-ring (bicyclic) bond motifs is 3. The summed E-state index contributed by atoms with van der Waals surface area (Å²) in [5.74, 6) is -0.201. The second kappa shape index (κ2) is 5.89. The molecule has 10 heteroatoms. The van der Waals surface area contributed by atoms with Crippen LogP contribution in [0.1, 0.15) is 12.5 Å². The maximum absolute atomic E-state index is 12.3. The molecule has 29 heavy (non-hydrogen) atoms. The summed E-state index contributed by atoms with van der Waals surface area (Å²) in [5, 5.41) is 19.3. The van der Waals surface area contributed by atoms with Crippen LogP contribution >= 0.6 is 0 Å². The van der Waals surface area contributed by atoms with Gasteiger partial charge in [-0.2, -0.15) is 14.6 Å². The van der Waals surface area contributed by atoms with Crippen LogP contribution in [0.5, 0.6) is 0 Å². The maximum atomic E-state index is 12.3. The molecule has 0 spiro atoms. The summed E-state index contributed by atoms with van der Waals surface area (Å²) >= 11 is 0. The lowest BCUT2D eigenvalue weighted by molar-refractivity contribution is -0.144. The molecule has 1 atom stereocenters. The molecule has 0 saturated carbocycles. The number of furan rings is 1. The summed E-state index contributed by atoms with van der Waals surface area (Å²) in [4.78, 5) is 21.2. The lowest BCUT2D eigenvalue weighted by Gasteiger charge is -2.26. The van der Waals surface area contributed by atoms with Crippen LogP contribution in [0.4, 0.5) is 5.95 Å². The van der Waals surface area contributed by atoms with E-state index in [0.717, 1.165) is 0 Å². The lowest BCUT2D eigenvalue weighted by atomic mass is 9.92. The minimum Gasteiger partial charge on any atom is -0.479 e. The maximum Gasteiger partial charge on any atom is 0.336 e. The van der Waals surface area contributed by atoms with Crippen LogP contribution in [-0.2, 0) is 10.3 Å². The van der Waals surface area contributed by atoms with E-state index in [1.54, 1.807) is 43.3 Å². The van der Waals surface area contributed by atoms with E-state index in [0.29, 0.717) is 33.8 Å². The zero-order chi connectivity index (χ0) is 20.2. The first-order chi connectivity index (χ1) is 14.0. The Labute approximate surface area is 163 Å². The minimum atomic E-state index is -1.50. The Hall–Kier alpha value is -4.21. The number of nitrogens with zero attached hydrogens (tertiary/aromatic N) is 6. The molecule has 5 aromatic rings. The van der Waals surface area contributed by atoms with E-state index >= 15 is 0 Å². The van der Waals surface area contributed by atoms with E-state index < -0.39 is 11.5 Å². The molecule has 0 bridgehead atoms. The molecular weight excluding hydrogens is 374 g/mol. The van der Waals surface area contributed by atoms with Gasteiger partial charge in [0, 0.05) is 0 Å². The van der Waals surface area contributed by atoms with Gasteiger partial charge in [0.25, 0.3) is 0 Å². The van der Waals surface area contributed by atoms with Crippen molar-refractivity contribution in [2.75, 3.05) is 5.73 Å². The van der Waals surface area contributed by atoms with Gasteiger partial charge in [-0.1, -0.05) is 30.3 Å². The van der Waals surface area contributed by atoms with Gasteiger partial charge in [0.05, 0.1) is 17.8 Å². The lowest BCUT2D eigenvalue weighted by Crippen LogP contribution is -2.41. The average molecular weight is 389 g/mol. The number of rotatable bonds is 4. The van der Waals surface area contributed by atoms with Gasteiger partial charge in [0.2, 0.25) is 11.8 Å². The van der Waals surface area contributed by atoms with Crippen LogP contribution in [0.3, 0.4) is 0 Å². The molecule has 10 nitrogen and oxygen atoms in total. The third-order valence-corrected chi connectivity index (χ3v) is 4.95. The molecule has 0 aliphatic heterocycles. The van der Waals surface area contributed by atoms with Gasteiger partial charge in [-0.25, -0.2) is 14.5 Å². The Morgan fingerprint density at radius 2 is 1.93 bits per heavy atom. The Morgan fingerprint density at radius 1 is 1.14 bits per heavy atom. The van der Waals surface area contributed by atoms with Gasteiger partial charge in [0.15, 0.2) is 22.6 Å². The molecule has 0 saturated heterocycles. The molecule has 0 unspecified atom stereocenters. The summed E-state index contributed by atoms with van der Waals surface area (Å²) in [7, 11) is 0. The van der Waals surface area contributed by atoms with Crippen molar-refractivity contribution >= 4 is 28.6 Å². The topological polar surface area (TPSA) is 137 Å². The van der Waals surface area contributed by atoms with Crippen molar-refractivity contribution in [1.29, 1.82) is 0 Å². The van der Waals surface area contributed by atoms with Crippen molar-refractivity contribution in [1.82, 2.24) is 29.4 Å². The Kier molecular flexibility index (Phi) is 3.44. The monoisotopic (exact) mass is 389 g/mol. The second-order valence-electron chi connectivity index (χ2n) is 6.66. The number of carboxylic acid groups (broad SMARTS) is 1. The molecule has 3 N–H and O–H groups in total. The van der Waals surface area contributed by atoms with Crippen LogP contribution < -0.4 is 5.73 Å². The fraction of sp³-hybridized carbons (Fsp3) is 0.105. The van der Waals surface area contributed by atoms with Crippen LogP contribution in [0, 0.1) is 0 Å². The highest BCUT2D eigenvalue weighted by Crippen LogP contribution is 2.31. The van der Waals surface area contributed by atoms with Crippen molar-refractivity contribution in [3.8, 4) is 11.6 Å². The van der Waals surface area contributed by atoms with Crippen molar-refractivity contribution in [2.45, 2.75) is 12.5 Å². The van der Waals surface area contributed by atoms with Crippen molar-refractivity contribution in [3.63, 3.8) is 0 Å². The summed E-state index contributed by atoms with van der Waals surface area (Å²) in [5.41, 5.74) is 5.86. The van der Waals surface area contributed by atoms with E-state index in [2.05, 4.69) is 20.2 Å². The van der Waals surface area contributed by atoms with Crippen LogP contribution in [0.25, 0.3) is 28.3 Å². The van der Waals surface area contributed by atoms with Crippen LogP contribution in [0.15, 0.2) is 59.3 Å². The molecule has 0 aliphatic rings. The van der Waals surface area contributed by atoms with Crippen LogP contribution in [-0.4, -0.2) is 40.4 Å². The average Bonchev–Trinajstić information content (AvgIpc) is 3.46. The number of aromatic nitrogens is 6. The standard InChI is InChI=1S/C19H15N7O3/c1-19(17(27)28,11-6-3-2-4-7-11)26-16-12(10-21-26)15-22-14(13-8-5-9-29-13)24-25(15)18(20)23-16/h2-10H,1H3,(H2,20,23)(H,27,28)/t19-/m1/s1. The van der Waals surface area contributed by atoms with Crippen LogP contribution in [0.2, 0.25) is 0 Å². The molecule has 0 fully saturated rings. The highest BCUT2D eigenvalue weighted by molar-refractivity contribution is 5.92. The number of hydrogen-bond acceptors (Lipinski definition) is 7. The van der Waals surface area contributed by atoms with E-state index in [1.165, 1.54) is 21.7 Å². The van der Waals surface area contributed by atoms with Crippen molar-refractivity contribution < 1.29 is 14.3 Å². The third-order valence-electron chi connectivity index (χ3n) is 4.95. The molecule has 4 aromatic heterocycles. The fourth-order valence-corrected chi connectivity index (χ4v) is 3.35. The van der Waals surface area contributed by atoms with Gasteiger partial charge in [-0.15, -0.1) is 5.10 Å². The zero-order valence-corrected chi connectivity index (χ0v) is 15.2. The number of benzene rings is 1. The van der Waals surface area contributed by atoms with Crippen molar-refractivity contribution in [3.05, 3.63) is 60.5 Å². The summed E-state index contributed by atoms with van der Waals surface area (Å²) in [6.45, 7) is 1.57. The van der Waals surface area contributed by atoms with E-state index in [1.807, 2.05) is 6.07 Å². The van der Waals surface area contributed by atoms with Gasteiger partial charge in [-0.05, 0) is 24.6 Å². The van der Waals surface area contributed by atoms with E-state index in [9.17, 15) is 9.90 Å². The minimum absolute atomic E-state index is 0.0559. The first kappa shape index (κ1) is 16.9. The first-order valence-electron chi connectivity index (χ1n) is 8.73. The molecule has 0 radical (unpaired) electrons. The number of hydrogen-bond donors (Lipinski definition) is 2. The number of nitrogens with two attached hydrogens (primary N) is 1. The quantitative estimate of drug-likeness (QED) is 0.477. The van der Waals surface area contributed by atoms with E-state index in [4.69, 9.17) is 10.2 Å². The predicted octanol–water partition coefficient (Wildman–Crippen LogP) is 2.16. The summed E-state index contributed by atoms with van der Waals surface area (Å²) < 4.78 is 8.08. The Morgan fingerprint density at radius 3 is 2.62 bits per heavy atom. The number of aliphatic carboxylic acids is 1. The van der Waals surface area contributed by atoms with Gasteiger partial charge < -0.3 is 15.3 Å². The molecule has 5 rings (SSSR count). The summed E-state index contributed by atoms with van der Waals surface area (Å²) in [6.07, 6.45) is 3.04. The number of anilines is 1. The normalized spacial score (nSPS) is 13.7.